The van der Waals surface area contributed by atoms with Crippen LogP contribution in [-0.2, 0) is 9.59 Å². The minimum absolute atomic E-state index is 0.0392. The van der Waals surface area contributed by atoms with Gasteiger partial charge in [0.2, 0.25) is 11.8 Å². The van der Waals surface area contributed by atoms with Gasteiger partial charge in [0.15, 0.2) is 0 Å². The number of nitrogens with one attached hydrogen (secondary N) is 1. The summed E-state index contributed by atoms with van der Waals surface area (Å²) in [5, 5.41) is 2.55. The zero-order chi connectivity index (χ0) is 16.7. The maximum atomic E-state index is 12.3. The van der Waals surface area contributed by atoms with Crippen LogP contribution in [0.2, 0.25) is 6.32 Å². The lowest BCUT2D eigenvalue weighted by Crippen LogP contribution is -2.50. The number of amides is 2. The first-order valence-corrected chi connectivity index (χ1v) is 8.14. The van der Waals surface area contributed by atoms with Crippen LogP contribution in [0.1, 0.15) is 26.7 Å². The van der Waals surface area contributed by atoms with Crippen LogP contribution in [0.5, 0.6) is 0 Å². The average Bonchev–Trinajstić information content (AvgIpc) is 2.98. The van der Waals surface area contributed by atoms with Gasteiger partial charge in [-0.2, -0.15) is 0 Å². The molecule has 2 radical (unpaired) electrons. The highest BCUT2D eigenvalue weighted by Crippen LogP contribution is 2.20. The molecule has 0 unspecified atom stereocenters. The molecular weight excluding hydrogens is 299 g/mol. The molecule has 2 amide bonds. The van der Waals surface area contributed by atoms with Crippen LogP contribution in [0.4, 0.5) is 0 Å². The number of thiocarbonyl (C=S) groups is 1. The highest BCUT2D eigenvalue weighted by molar-refractivity contribution is 7.80. The van der Waals surface area contributed by atoms with Crippen molar-refractivity contribution in [2.24, 2.45) is 5.73 Å². The Morgan fingerprint density at radius 2 is 2.23 bits per heavy atom. The number of rotatable bonds is 7. The summed E-state index contributed by atoms with van der Waals surface area (Å²) in [5.74, 6) is -0.451. The van der Waals surface area contributed by atoms with Gasteiger partial charge in [0, 0.05) is 19.6 Å². The van der Waals surface area contributed by atoms with Crippen molar-refractivity contribution in [1.82, 2.24) is 15.1 Å². The first-order chi connectivity index (χ1) is 10.4. The number of carbonyl (C=O) groups is 2. The largest absolute Gasteiger partial charge is 0.365 e. The zero-order valence-electron chi connectivity index (χ0n) is 13.4. The topological polar surface area (TPSA) is 78.7 Å². The van der Waals surface area contributed by atoms with Gasteiger partial charge in [0.25, 0.3) is 0 Å². The van der Waals surface area contributed by atoms with E-state index in [-0.39, 0.29) is 24.4 Å². The summed E-state index contributed by atoms with van der Waals surface area (Å²) in [5.41, 5.74) is 5.47. The molecule has 3 N–H and O–H groups in total. The van der Waals surface area contributed by atoms with Crippen LogP contribution in [-0.4, -0.2) is 72.7 Å². The molecule has 2 atom stereocenters. The van der Waals surface area contributed by atoms with Crippen LogP contribution < -0.4 is 11.1 Å². The van der Waals surface area contributed by atoms with E-state index in [0.29, 0.717) is 19.4 Å². The van der Waals surface area contributed by atoms with Gasteiger partial charge in [-0.1, -0.05) is 18.5 Å². The molecule has 1 fully saturated rings. The summed E-state index contributed by atoms with van der Waals surface area (Å²) in [7, 11) is 5.60. The summed E-state index contributed by atoms with van der Waals surface area (Å²) >= 11 is 5.54. The summed E-state index contributed by atoms with van der Waals surface area (Å²) in [6, 6.07) is -0.704. The smallest absolute Gasteiger partial charge is 0.242 e. The van der Waals surface area contributed by atoms with Crippen LogP contribution in [0, 0.1) is 0 Å². The summed E-state index contributed by atoms with van der Waals surface area (Å²) < 4.78 is 0. The van der Waals surface area contributed by atoms with E-state index in [9.17, 15) is 9.59 Å². The number of nitrogens with zero attached hydrogens (tertiary/aromatic N) is 2. The molecule has 0 aromatic carbocycles. The third-order valence-electron chi connectivity index (χ3n) is 3.78. The van der Waals surface area contributed by atoms with Gasteiger partial charge >= 0.3 is 0 Å². The van der Waals surface area contributed by atoms with E-state index in [1.54, 1.807) is 11.8 Å². The predicted octanol–water partition coefficient (Wildman–Crippen LogP) is -0.323. The Bertz CT molecular complexity index is 420. The van der Waals surface area contributed by atoms with Crippen molar-refractivity contribution >= 4 is 36.9 Å². The Kier molecular flexibility index (Phi) is 7.82. The molecule has 8 heteroatoms. The first kappa shape index (κ1) is 18.9. The van der Waals surface area contributed by atoms with Crippen LogP contribution >= 0.6 is 12.2 Å². The van der Waals surface area contributed by atoms with Crippen molar-refractivity contribution in [3.05, 3.63) is 0 Å². The van der Waals surface area contributed by atoms with Crippen molar-refractivity contribution < 1.29 is 9.59 Å². The number of hydrogen-bond donors (Lipinski definition) is 2. The summed E-state index contributed by atoms with van der Waals surface area (Å²) in [6.45, 7) is 5.69. The van der Waals surface area contributed by atoms with Crippen molar-refractivity contribution in [3.8, 4) is 0 Å². The molecule has 0 saturated carbocycles. The molecule has 1 heterocycles. The van der Waals surface area contributed by atoms with E-state index < -0.39 is 6.04 Å². The van der Waals surface area contributed by atoms with Crippen LogP contribution in [0.15, 0.2) is 0 Å². The lowest BCUT2D eigenvalue weighted by atomic mass is 10.0. The van der Waals surface area contributed by atoms with Gasteiger partial charge in [-0.15, -0.1) is 0 Å². The van der Waals surface area contributed by atoms with Gasteiger partial charge in [0.05, 0.1) is 26.5 Å². The van der Waals surface area contributed by atoms with Gasteiger partial charge in [-0.05, 0) is 26.7 Å². The second-order valence-electron chi connectivity index (χ2n) is 5.46. The fraction of sp³-hybridized carbons (Fsp3) is 0.786. The maximum absolute atomic E-state index is 12.3. The Labute approximate surface area is 139 Å². The molecule has 22 heavy (non-hydrogen) atoms. The second kappa shape index (κ2) is 9.10. The normalized spacial score (nSPS) is 18.9. The van der Waals surface area contributed by atoms with Crippen molar-refractivity contribution in [2.75, 3.05) is 26.2 Å². The molecule has 1 aliphatic heterocycles. The SMILES string of the molecule is [B]CCN(CC)C(=S)[C@@H]1CCCN1C(=O)CNC(=O)[C@H](C)N. The number of nitrogens with two attached hydrogens (primary N) is 1. The van der Waals surface area contributed by atoms with E-state index in [4.69, 9.17) is 25.8 Å². The predicted molar refractivity (Wildman–Crippen MR) is 91.8 cm³/mol. The number of hydrogen-bond acceptors (Lipinski definition) is 4. The summed E-state index contributed by atoms with van der Waals surface area (Å²) in [6.07, 6.45) is 2.30. The van der Waals surface area contributed by atoms with E-state index in [0.717, 1.165) is 24.4 Å². The minimum Gasteiger partial charge on any atom is -0.365 e. The van der Waals surface area contributed by atoms with E-state index in [1.807, 2.05) is 11.8 Å². The molecule has 122 valence electrons. The Balaban J connectivity index is 2.63. The third-order valence-corrected chi connectivity index (χ3v) is 4.31. The average molecular weight is 324 g/mol. The molecule has 1 aliphatic rings. The number of likely N-dealkylation sites (N-methyl/N-ethyl adjacent to an activating group) is 1. The number of carbonyl (C=O) groups excluding carboxylic acids is 2. The first-order valence-electron chi connectivity index (χ1n) is 7.74. The molecule has 0 aromatic rings. The molecule has 0 spiro atoms. The van der Waals surface area contributed by atoms with E-state index >= 15 is 0 Å². The zero-order valence-corrected chi connectivity index (χ0v) is 14.2. The van der Waals surface area contributed by atoms with Crippen LogP contribution in [0.25, 0.3) is 0 Å². The molecular formula is C14H25BN4O2S. The lowest BCUT2D eigenvalue weighted by molar-refractivity contribution is -0.132. The Morgan fingerprint density at radius 1 is 1.55 bits per heavy atom. The quantitative estimate of drug-likeness (QED) is 0.496. The van der Waals surface area contributed by atoms with Crippen molar-refractivity contribution in [3.63, 3.8) is 0 Å². The van der Waals surface area contributed by atoms with Crippen molar-refractivity contribution in [1.29, 1.82) is 0 Å². The Hall–Kier alpha value is -1.15. The van der Waals surface area contributed by atoms with Crippen LogP contribution in [0.3, 0.4) is 0 Å². The molecule has 0 bridgehead atoms. The number of likely N-dealkylation sites (tertiary alicyclic amines) is 1. The summed E-state index contributed by atoms with van der Waals surface area (Å²) in [4.78, 5) is 28.3. The molecule has 0 aromatic heterocycles. The Morgan fingerprint density at radius 3 is 2.77 bits per heavy atom. The fourth-order valence-corrected chi connectivity index (χ4v) is 3.00. The standard InChI is InChI=1S/C14H25BN4O2S/c1-3-18(8-6-15)14(22)11-5-4-7-19(11)12(20)9-17-13(21)10(2)16/h10-11H,3-9,16H2,1-2H3,(H,17,21)/t10-,11-/m0/s1. The van der Waals surface area contributed by atoms with Crippen molar-refractivity contribution in [2.45, 2.75) is 45.1 Å². The fourth-order valence-electron chi connectivity index (χ4n) is 2.54. The monoisotopic (exact) mass is 324 g/mol. The minimum atomic E-state index is -0.622. The third kappa shape index (κ3) is 4.95. The molecule has 1 saturated heterocycles. The highest BCUT2D eigenvalue weighted by Gasteiger charge is 2.33. The highest BCUT2D eigenvalue weighted by atomic mass is 32.1. The van der Waals surface area contributed by atoms with Gasteiger partial charge < -0.3 is 20.9 Å². The van der Waals surface area contributed by atoms with Gasteiger partial charge in [0.1, 0.15) is 4.99 Å². The van der Waals surface area contributed by atoms with Gasteiger partial charge in [-0.3, -0.25) is 9.59 Å². The van der Waals surface area contributed by atoms with E-state index in [2.05, 4.69) is 5.32 Å². The maximum Gasteiger partial charge on any atom is 0.242 e. The lowest BCUT2D eigenvalue weighted by Gasteiger charge is -2.32. The molecule has 0 aliphatic carbocycles. The molecule has 6 nitrogen and oxygen atoms in total. The van der Waals surface area contributed by atoms with E-state index in [1.165, 1.54) is 0 Å². The molecule has 1 rings (SSSR count). The van der Waals surface area contributed by atoms with Gasteiger partial charge in [-0.25, -0.2) is 0 Å². The second-order valence-corrected chi connectivity index (χ2v) is 5.88.